The molecule has 2 fully saturated rings. The molecule has 0 aromatic carbocycles. The summed E-state index contributed by atoms with van der Waals surface area (Å²) in [7, 11) is 0. The monoisotopic (exact) mass is 290 g/mol. The number of rotatable bonds is 3. The Morgan fingerprint density at radius 2 is 1.81 bits per heavy atom. The van der Waals surface area contributed by atoms with Crippen LogP contribution in [0.1, 0.15) is 26.7 Å². The normalized spacial score (nSPS) is 22.2. The minimum Gasteiger partial charge on any atom is -0.374 e. The molecule has 0 unspecified atom stereocenters. The first-order valence-corrected chi connectivity index (χ1v) is 8.01. The summed E-state index contributed by atoms with van der Waals surface area (Å²) in [6.07, 6.45) is 3.85. The zero-order valence-electron chi connectivity index (χ0n) is 13.2. The predicted octanol–water partition coefficient (Wildman–Crippen LogP) is 1.29. The molecule has 0 aliphatic carbocycles. The molecular formula is C16H26N4O. The first-order chi connectivity index (χ1) is 10.1. The van der Waals surface area contributed by atoms with Gasteiger partial charge in [0.2, 0.25) is 0 Å². The average molecular weight is 290 g/mol. The highest BCUT2D eigenvalue weighted by molar-refractivity contribution is 5.97. The minimum atomic E-state index is -0.0951. The van der Waals surface area contributed by atoms with Crippen LogP contribution in [-0.2, 0) is 4.79 Å². The first kappa shape index (κ1) is 15.8. The zero-order valence-corrected chi connectivity index (χ0v) is 13.2. The summed E-state index contributed by atoms with van der Waals surface area (Å²) in [5, 5.41) is 9.31. The minimum absolute atomic E-state index is 0.0951. The van der Waals surface area contributed by atoms with Gasteiger partial charge in [-0.1, -0.05) is 13.8 Å². The van der Waals surface area contributed by atoms with Crippen LogP contribution in [0.15, 0.2) is 11.8 Å². The van der Waals surface area contributed by atoms with Crippen LogP contribution in [0.4, 0.5) is 0 Å². The Hall–Kier alpha value is -1.54. The van der Waals surface area contributed by atoms with E-state index in [-0.39, 0.29) is 11.5 Å². The van der Waals surface area contributed by atoms with Crippen LogP contribution in [0.2, 0.25) is 0 Å². The van der Waals surface area contributed by atoms with E-state index in [4.69, 9.17) is 0 Å². The van der Waals surface area contributed by atoms with E-state index in [9.17, 15) is 10.1 Å². The van der Waals surface area contributed by atoms with Crippen molar-refractivity contribution in [2.45, 2.75) is 26.7 Å². The maximum absolute atomic E-state index is 12.4. The van der Waals surface area contributed by atoms with Gasteiger partial charge in [0.15, 0.2) is 0 Å². The van der Waals surface area contributed by atoms with E-state index in [2.05, 4.69) is 29.7 Å². The van der Waals surface area contributed by atoms with E-state index in [1.54, 1.807) is 6.20 Å². The predicted molar refractivity (Wildman–Crippen MR) is 82.4 cm³/mol. The van der Waals surface area contributed by atoms with E-state index in [1.165, 1.54) is 0 Å². The third-order valence-electron chi connectivity index (χ3n) is 4.59. The van der Waals surface area contributed by atoms with Gasteiger partial charge in [-0.05, 0) is 25.3 Å². The van der Waals surface area contributed by atoms with Gasteiger partial charge in [-0.15, -0.1) is 0 Å². The lowest BCUT2D eigenvalue weighted by atomic mass is 9.99. The van der Waals surface area contributed by atoms with E-state index >= 15 is 0 Å². The van der Waals surface area contributed by atoms with Crippen LogP contribution in [0.25, 0.3) is 0 Å². The summed E-state index contributed by atoms with van der Waals surface area (Å²) in [6, 6.07) is 2.10. The second-order valence-electron chi connectivity index (χ2n) is 6.10. The van der Waals surface area contributed by atoms with Crippen molar-refractivity contribution in [3.8, 4) is 6.07 Å². The molecule has 0 spiro atoms. The molecule has 0 N–H and O–H groups in total. The lowest BCUT2D eigenvalue weighted by Gasteiger charge is -2.34. The Labute approximate surface area is 127 Å². The van der Waals surface area contributed by atoms with Crippen molar-refractivity contribution in [1.82, 2.24) is 14.7 Å². The van der Waals surface area contributed by atoms with Gasteiger partial charge < -0.3 is 14.7 Å². The highest BCUT2D eigenvalue weighted by Gasteiger charge is 2.24. The summed E-state index contributed by atoms with van der Waals surface area (Å²) in [4.78, 5) is 18.7. The lowest BCUT2D eigenvalue weighted by Crippen LogP contribution is -2.44. The Bertz CT molecular complexity index is 424. The second-order valence-corrected chi connectivity index (χ2v) is 6.10. The molecule has 0 saturated carbocycles. The molecule has 0 radical (unpaired) electrons. The Morgan fingerprint density at radius 1 is 1.19 bits per heavy atom. The maximum atomic E-state index is 12.4. The third-order valence-corrected chi connectivity index (χ3v) is 4.59. The number of hydrogen-bond acceptors (Lipinski definition) is 4. The van der Waals surface area contributed by atoms with Gasteiger partial charge in [-0.3, -0.25) is 4.79 Å². The number of likely N-dealkylation sites (tertiary alicyclic amines) is 1. The molecule has 1 amide bonds. The lowest BCUT2D eigenvalue weighted by molar-refractivity contribution is -0.128. The van der Waals surface area contributed by atoms with Gasteiger partial charge in [0, 0.05) is 45.5 Å². The summed E-state index contributed by atoms with van der Waals surface area (Å²) >= 11 is 0. The number of carbonyl (C=O) groups excluding carboxylic acids is 1. The number of likely N-dealkylation sites (N-methyl/N-ethyl adjacent to an activating group) is 1. The number of carbonyl (C=O) groups is 1. The third kappa shape index (κ3) is 4.21. The number of piperazine rings is 1. The van der Waals surface area contributed by atoms with Crippen molar-refractivity contribution in [2.24, 2.45) is 5.92 Å². The van der Waals surface area contributed by atoms with Crippen molar-refractivity contribution in [2.75, 3.05) is 45.8 Å². The number of piperidine rings is 1. The number of nitriles is 1. The summed E-state index contributed by atoms with van der Waals surface area (Å²) in [5.41, 5.74) is 0.287. The molecular weight excluding hydrogens is 264 g/mol. The van der Waals surface area contributed by atoms with Crippen molar-refractivity contribution >= 4 is 5.91 Å². The molecule has 21 heavy (non-hydrogen) atoms. The molecule has 2 aliphatic rings. The molecule has 5 nitrogen and oxygen atoms in total. The van der Waals surface area contributed by atoms with Crippen molar-refractivity contribution in [1.29, 1.82) is 5.26 Å². The van der Waals surface area contributed by atoms with Gasteiger partial charge in [0.05, 0.1) is 0 Å². The van der Waals surface area contributed by atoms with Crippen molar-refractivity contribution < 1.29 is 4.79 Å². The van der Waals surface area contributed by atoms with E-state index in [0.29, 0.717) is 5.92 Å². The van der Waals surface area contributed by atoms with Crippen LogP contribution in [0, 0.1) is 17.2 Å². The topological polar surface area (TPSA) is 50.6 Å². The number of hydrogen-bond donors (Lipinski definition) is 0. The largest absolute Gasteiger partial charge is 0.374 e. The SMILES string of the molecule is CCN1CCN(/C=C(/C#N)C(=O)N2CCC(C)CC2)CC1. The summed E-state index contributed by atoms with van der Waals surface area (Å²) < 4.78 is 0. The van der Waals surface area contributed by atoms with Crippen LogP contribution >= 0.6 is 0 Å². The smallest absolute Gasteiger partial charge is 0.266 e. The fourth-order valence-corrected chi connectivity index (χ4v) is 2.91. The maximum Gasteiger partial charge on any atom is 0.266 e. The zero-order chi connectivity index (χ0) is 15.2. The molecule has 0 atom stereocenters. The van der Waals surface area contributed by atoms with Crippen LogP contribution < -0.4 is 0 Å². The Kier molecular flexibility index (Phi) is 5.63. The fraction of sp³-hybridized carbons (Fsp3) is 0.750. The van der Waals surface area contributed by atoms with E-state index < -0.39 is 0 Å². The van der Waals surface area contributed by atoms with E-state index in [1.807, 2.05) is 4.90 Å². The van der Waals surface area contributed by atoms with Gasteiger partial charge in [0.1, 0.15) is 11.6 Å². The van der Waals surface area contributed by atoms with Gasteiger partial charge in [0.25, 0.3) is 5.91 Å². The quantitative estimate of drug-likeness (QED) is 0.580. The Balaban J connectivity index is 1.94. The van der Waals surface area contributed by atoms with Crippen LogP contribution in [0.3, 0.4) is 0 Å². The van der Waals surface area contributed by atoms with Crippen LogP contribution in [0.5, 0.6) is 0 Å². The summed E-state index contributed by atoms with van der Waals surface area (Å²) in [5.74, 6) is 0.591. The molecule has 5 heteroatoms. The van der Waals surface area contributed by atoms with Crippen LogP contribution in [-0.4, -0.2) is 66.4 Å². The molecule has 2 aliphatic heterocycles. The molecule has 116 valence electrons. The molecule has 0 aromatic heterocycles. The Morgan fingerprint density at radius 3 is 2.33 bits per heavy atom. The molecule has 0 aromatic rings. The van der Waals surface area contributed by atoms with Gasteiger partial charge in [-0.2, -0.15) is 5.26 Å². The summed E-state index contributed by atoms with van der Waals surface area (Å²) in [6.45, 7) is 10.8. The standard InChI is InChI=1S/C16H26N4O/c1-3-18-8-10-19(11-9-18)13-15(12-17)16(21)20-6-4-14(2)5-7-20/h13-14H,3-11H2,1-2H3/b15-13-. The van der Waals surface area contributed by atoms with Gasteiger partial charge >= 0.3 is 0 Å². The first-order valence-electron chi connectivity index (χ1n) is 8.01. The highest BCUT2D eigenvalue weighted by atomic mass is 16.2. The molecule has 0 bridgehead atoms. The number of nitrogens with zero attached hydrogens (tertiary/aromatic N) is 4. The number of amides is 1. The molecule has 2 saturated heterocycles. The second kappa shape index (κ2) is 7.46. The fourth-order valence-electron chi connectivity index (χ4n) is 2.91. The van der Waals surface area contributed by atoms with Crippen molar-refractivity contribution in [3.05, 3.63) is 11.8 Å². The van der Waals surface area contributed by atoms with Crippen molar-refractivity contribution in [3.63, 3.8) is 0 Å². The molecule has 2 rings (SSSR count). The van der Waals surface area contributed by atoms with Gasteiger partial charge in [-0.25, -0.2) is 0 Å². The highest BCUT2D eigenvalue weighted by Crippen LogP contribution is 2.18. The van der Waals surface area contributed by atoms with E-state index in [0.717, 1.165) is 58.7 Å². The average Bonchev–Trinajstić information content (AvgIpc) is 2.53. The molecule has 2 heterocycles.